The van der Waals surface area contributed by atoms with Crippen molar-refractivity contribution in [1.82, 2.24) is 0 Å². The molecule has 1 heterocycles. The zero-order chi connectivity index (χ0) is 14.0. The monoisotopic (exact) mass is 277 g/mol. The number of benzene rings is 1. The Bertz CT molecular complexity index is 648. The predicted octanol–water partition coefficient (Wildman–Crippen LogP) is 2.71. The summed E-state index contributed by atoms with van der Waals surface area (Å²) in [5.41, 5.74) is 0.834. The Morgan fingerprint density at radius 1 is 1.21 bits per heavy atom. The second-order valence-electron chi connectivity index (χ2n) is 3.87. The van der Waals surface area contributed by atoms with Crippen LogP contribution in [0.4, 0.5) is 5.00 Å². The van der Waals surface area contributed by atoms with Gasteiger partial charge in [0, 0.05) is 11.1 Å². The molecule has 0 aliphatic heterocycles. The third kappa shape index (κ3) is 2.74. The van der Waals surface area contributed by atoms with Crippen LogP contribution in [-0.2, 0) is 0 Å². The summed E-state index contributed by atoms with van der Waals surface area (Å²) in [5, 5.41) is 21.4. The van der Waals surface area contributed by atoms with Gasteiger partial charge in [0.2, 0.25) is 0 Å². The summed E-state index contributed by atoms with van der Waals surface area (Å²) in [6, 6.07) is 7.63. The smallest absolute Gasteiger partial charge is 0.345 e. The van der Waals surface area contributed by atoms with Gasteiger partial charge < -0.3 is 15.5 Å². The molecule has 1 aromatic carbocycles. The van der Waals surface area contributed by atoms with Gasteiger partial charge in [0.05, 0.1) is 5.00 Å². The topological polar surface area (TPSA) is 86.6 Å². The quantitative estimate of drug-likeness (QED) is 0.805. The van der Waals surface area contributed by atoms with Crippen molar-refractivity contribution < 1.29 is 19.8 Å². The number of anilines is 1. The maximum absolute atomic E-state index is 12.0. The zero-order valence-corrected chi connectivity index (χ0v) is 10.8. The Labute approximate surface area is 113 Å². The van der Waals surface area contributed by atoms with Crippen LogP contribution in [0.1, 0.15) is 25.6 Å². The average molecular weight is 277 g/mol. The Morgan fingerprint density at radius 2 is 1.95 bits per heavy atom. The highest BCUT2D eigenvalue weighted by Gasteiger charge is 2.13. The Morgan fingerprint density at radius 3 is 2.58 bits per heavy atom. The van der Waals surface area contributed by atoms with E-state index in [-0.39, 0.29) is 16.5 Å². The van der Waals surface area contributed by atoms with Gasteiger partial charge in [0.1, 0.15) is 10.6 Å². The molecule has 0 spiro atoms. The molecule has 6 heteroatoms. The molecule has 0 radical (unpaired) electrons. The molecular formula is C13H11NO4S. The van der Waals surface area contributed by atoms with Gasteiger partial charge in [-0.3, -0.25) is 4.79 Å². The Kier molecular flexibility index (Phi) is 3.52. The molecule has 1 amide bonds. The van der Waals surface area contributed by atoms with Crippen LogP contribution in [0, 0.1) is 6.92 Å². The predicted molar refractivity (Wildman–Crippen MR) is 72.1 cm³/mol. The van der Waals surface area contributed by atoms with Crippen molar-refractivity contribution in [2.24, 2.45) is 0 Å². The largest absolute Gasteiger partial charge is 0.508 e. The van der Waals surface area contributed by atoms with Crippen molar-refractivity contribution in [2.75, 3.05) is 5.32 Å². The first-order valence-electron chi connectivity index (χ1n) is 5.42. The van der Waals surface area contributed by atoms with Crippen LogP contribution < -0.4 is 5.32 Å². The van der Waals surface area contributed by atoms with E-state index in [0.29, 0.717) is 16.1 Å². The number of phenolic OH excluding ortho intramolecular Hbond substituents is 1. The number of phenols is 1. The standard InChI is InChI=1S/C13H11NO4S/c1-7-8(3-2-4-9(7)15)12(16)14-11-6-5-10(19-11)13(17)18/h2-6,15H,1H3,(H,14,16)(H,17,18). The van der Waals surface area contributed by atoms with Gasteiger partial charge in [-0.25, -0.2) is 4.79 Å². The molecule has 1 aromatic heterocycles. The minimum Gasteiger partial charge on any atom is -0.508 e. The highest BCUT2D eigenvalue weighted by atomic mass is 32.1. The highest BCUT2D eigenvalue weighted by molar-refractivity contribution is 7.18. The van der Waals surface area contributed by atoms with Crippen LogP contribution in [0.2, 0.25) is 0 Å². The molecule has 0 bridgehead atoms. The first-order chi connectivity index (χ1) is 8.99. The molecule has 0 saturated heterocycles. The lowest BCUT2D eigenvalue weighted by Gasteiger charge is -2.07. The summed E-state index contributed by atoms with van der Waals surface area (Å²) in [6.07, 6.45) is 0. The molecular weight excluding hydrogens is 266 g/mol. The molecule has 5 nitrogen and oxygen atoms in total. The van der Waals surface area contributed by atoms with Gasteiger partial charge in [-0.1, -0.05) is 6.07 Å². The van der Waals surface area contributed by atoms with Crippen molar-refractivity contribution in [3.8, 4) is 5.75 Å². The lowest BCUT2D eigenvalue weighted by molar-refractivity contribution is 0.0702. The number of hydrogen-bond acceptors (Lipinski definition) is 4. The molecule has 2 rings (SSSR count). The lowest BCUT2D eigenvalue weighted by atomic mass is 10.1. The SMILES string of the molecule is Cc1c(O)cccc1C(=O)Nc1ccc(C(=O)O)s1. The number of carboxylic acid groups (broad SMARTS) is 1. The van der Waals surface area contributed by atoms with Crippen molar-refractivity contribution in [1.29, 1.82) is 0 Å². The number of aromatic hydroxyl groups is 1. The minimum atomic E-state index is -1.03. The summed E-state index contributed by atoms with van der Waals surface area (Å²) in [6.45, 7) is 1.64. The van der Waals surface area contributed by atoms with E-state index < -0.39 is 5.97 Å². The maximum Gasteiger partial charge on any atom is 0.345 e. The van der Waals surface area contributed by atoms with Gasteiger partial charge in [0.15, 0.2) is 0 Å². The minimum absolute atomic E-state index is 0.0463. The van der Waals surface area contributed by atoms with E-state index in [4.69, 9.17) is 5.11 Å². The van der Waals surface area contributed by atoms with Crippen molar-refractivity contribution in [3.05, 3.63) is 46.3 Å². The molecule has 19 heavy (non-hydrogen) atoms. The van der Waals surface area contributed by atoms with Gasteiger partial charge in [0.25, 0.3) is 5.91 Å². The summed E-state index contributed by atoms with van der Waals surface area (Å²) in [5.74, 6) is -1.36. The van der Waals surface area contributed by atoms with Crippen LogP contribution in [0.5, 0.6) is 5.75 Å². The molecule has 0 atom stereocenters. The first kappa shape index (κ1) is 13.1. The highest BCUT2D eigenvalue weighted by Crippen LogP contribution is 2.24. The van der Waals surface area contributed by atoms with Crippen LogP contribution in [0.25, 0.3) is 0 Å². The second kappa shape index (κ2) is 5.11. The molecule has 98 valence electrons. The zero-order valence-electron chi connectivity index (χ0n) is 10.0. The van der Waals surface area contributed by atoms with Crippen LogP contribution in [-0.4, -0.2) is 22.1 Å². The number of carbonyl (C=O) groups is 2. The number of hydrogen-bond donors (Lipinski definition) is 3. The number of carboxylic acids is 1. The summed E-state index contributed by atoms with van der Waals surface area (Å²) >= 11 is 0.980. The van der Waals surface area contributed by atoms with Crippen LogP contribution in [0.15, 0.2) is 30.3 Å². The summed E-state index contributed by atoms with van der Waals surface area (Å²) in [4.78, 5) is 22.9. The maximum atomic E-state index is 12.0. The normalized spacial score (nSPS) is 10.2. The van der Waals surface area contributed by atoms with E-state index >= 15 is 0 Å². The third-order valence-corrected chi connectivity index (χ3v) is 3.59. The number of amides is 1. The van der Waals surface area contributed by atoms with Crippen molar-refractivity contribution in [3.63, 3.8) is 0 Å². The summed E-state index contributed by atoms with van der Waals surface area (Å²) in [7, 11) is 0. The molecule has 0 fully saturated rings. The Balaban J connectivity index is 2.21. The first-order valence-corrected chi connectivity index (χ1v) is 6.23. The van der Waals surface area contributed by atoms with E-state index in [2.05, 4.69) is 5.32 Å². The molecule has 3 N–H and O–H groups in total. The molecule has 0 saturated carbocycles. The van der Waals surface area contributed by atoms with E-state index in [1.165, 1.54) is 18.2 Å². The van der Waals surface area contributed by atoms with Gasteiger partial charge >= 0.3 is 5.97 Å². The van der Waals surface area contributed by atoms with Gasteiger partial charge in [-0.2, -0.15) is 0 Å². The number of carbonyl (C=O) groups excluding carboxylic acids is 1. The van der Waals surface area contributed by atoms with Crippen molar-refractivity contribution >= 4 is 28.2 Å². The fraction of sp³-hybridized carbons (Fsp3) is 0.0769. The van der Waals surface area contributed by atoms with Crippen LogP contribution >= 0.6 is 11.3 Å². The number of rotatable bonds is 3. The van der Waals surface area contributed by atoms with Crippen molar-refractivity contribution in [2.45, 2.75) is 6.92 Å². The molecule has 2 aromatic rings. The number of aromatic carboxylic acids is 1. The second-order valence-corrected chi connectivity index (χ2v) is 4.96. The average Bonchev–Trinajstić information content (AvgIpc) is 2.81. The molecule has 0 aliphatic carbocycles. The van der Waals surface area contributed by atoms with E-state index in [9.17, 15) is 14.7 Å². The summed E-state index contributed by atoms with van der Waals surface area (Å²) < 4.78 is 0. The number of nitrogens with one attached hydrogen (secondary N) is 1. The fourth-order valence-corrected chi connectivity index (χ4v) is 2.31. The fourth-order valence-electron chi connectivity index (χ4n) is 1.57. The van der Waals surface area contributed by atoms with E-state index in [0.717, 1.165) is 11.3 Å². The van der Waals surface area contributed by atoms with E-state index in [1.54, 1.807) is 19.1 Å². The third-order valence-electron chi connectivity index (χ3n) is 2.60. The van der Waals surface area contributed by atoms with Crippen LogP contribution in [0.3, 0.4) is 0 Å². The van der Waals surface area contributed by atoms with E-state index in [1.807, 2.05) is 0 Å². The Hall–Kier alpha value is -2.34. The molecule has 0 aliphatic rings. The molecule has 0 unspecified atom stereocenters. The number of thiophene rings is 1. The lowest BCUT2D eigenvalue weighted by Crippen LogP contribution is -2.12. The van der Waals surface area contributed by atoms with Gasteiger partial charge in [-0.15, -0.1) is 11.3 Å². The van der Waals surface area contributed by atoms with Gasteiger partial charge in [-0.05, 0) is 31.2 Å².